The highest BCUT2D eigenvalue weighted by molar-refractivity contribution is 5.84. The Hall–Kier alpha value is -2.64. The number of aryl methyl sites for hydroxylation is 1. The molecule has 1 atom stereocenters. The number of aldehydes is 1. The van der Waals surface area contributed by atoms with Crippen LogP contribution in [0.4, 0.5) is 0 Å². The number of fused-ring (bicyclic) bond motifs is 1. The highest BCUT2D eigenvalue weighted by atomic mass is 16.5. The molecule has 39 heavy (non-hydrogen) atoms. The minimum absolute atomic E-state index is 0. The molecule has 1 aliphatic carbocycles. The van der Waals surface area contributed by atoms with Crippen molar-refractivity contribution in [1.82, 2.24) is 20.3 Å². The summed E-state index contributed by atoms with van der Waals surface area (Å²) in [4.78, 5) is 16.0. The van der Waals surface area contributed by atoms with Gasteiger partial charge in [0.1, 0.15) is 12.0 Å². The molecule has 1 saturated heterocycles. The first kappa shape index (κ1) is 32.6. The molecular formula is C32H52N4O3. The third-order valence-electron chi connectivity index (χ3n) is 7.28. The van der Waals surface area contributed by atoms with Gasteiger partial charge >= 0.3 is 0 Å². The Labute approximate surface area is 236 Å². The summed E-state index contributed by atoms with van der Waals surface area (Å²) in [6.07, 6.45) is 14.7. The van der Waals surface area contributed by atoms with Crippen LogP contribution < -0.4 is 10.1 Å². The van der Waals surface area contributed by atoms with Crippen molar-refractivity contribution >= 4 is 17.3 Å². The second-order valence-electron chi connectivity index (χ2n) is 10.7. The zero-order valence-corrected chi connectivity index (χ0v) is 24.2. The van der Waals surface area contributed by atoms with Crippen LogP contribution in [-0.4, -0.2) is 68.6 Å². The number of benzene rings is 1. The second kappa shape index (κ2) is 17.1. The molecule has 1 aromatic heterocycles. The summed E-state index contributed by atoms with van der Waals surface area (Å²) in [5, 5.41) is 8.58. The van der Waals surface area contributed by atoms with E-state index < -0.39 is 0 Å². The van der Waals surface area contributed by atoms with E-state index in [1.807, 2.05) is 39.2 Å². The maximum Gasteiger partial charge on any atom is 0.175 e. The lowest BCUT2D eigenvalue weighted by molar-refractivity contribution is -0.105. The van der Waals surface area contributed by atoms with Crippen molar-refractivity contribution in [2.45, 2.75) is 72.8 Å². The van der Waals surface area contributed by atoms with Crippen molar-refractivity contribution in [2.75, 3.05) is 47.4 Å². The minimum Gasteiger partial charge on any atom is -0.493 e. The molecule has 2 heterocycles. The highest BCUT2D eigenvalue weighted by Crippen LogP contribution is 2.35. The number of carbonyl (C=O) groups is 1. The van der Waals surface area contributed by atoms with Crippen LogP contribution in [0.1, 0.15) is 71.1 Å². The maximum absolute atomic E-state index is 11.5. The average Bonchev–Trinajstić information content (AvgIpc) is 3.70. The number of nitrogens with zero attached hydrogens (tertiary/aromatic N) is 3. The van der Waals surface area contributed by atoms with Crippen LogP contribution in [0.15, 0.2) is 40.6 Å². The minimum atomic E-state index is 0. The number of allylic oxidation sites excluding steroid dienone is 2. The Morgan fingerprint density at radius 1 is 1.18 bits per heavy atom. The fourth-order valence-corrected chi connectivity index (χ4v) is 5.03. The van der Waals surface area contributed by atoms with Crippen molar-refractivity contribution in [3.8, 4) is 5.75 Å². The summed E-state index contributed by atoms with van der Waals surface area (Å²) in [7, 11) is 6.00. The molecule has 2 aliphatic rings. The van der Waals surface area contributed by atoms with E-state index in [1.54, 1.807) is 0 Å². The lowest BCUT2D eigenvalue weighted by Gasteiger charge is -2.20. The number of ether oxygens (including phenoxy) is 1. The van der Waals surface area contributed by atoms with Crippen LogP contribution in [0, 0.1) is 11.8 Å². The SMILES string of the molecule is C.CC.CN/C=C\C=C(/C=O)CN1CCCC(CCc2noc3c(CN(C)C)c(OCC4CC4)ccc23)CC1. The second-order valence-corrected chi connectivity index (χ2v) is 10.7. The topological polar surface area (TPSA) is 70.8 Å². The Balaban J connectivity index is 0.00000174. The van der Waals surface area contributed by atoms with Crippen LogP contribution in [0.3, 0.4) is 0 Å². The standard InChI is InChI=1S/C29H42N4O3.C2H6.CH4/c1-30-15-4-6-24(20-34)18-33-16-5-7-22(14-17-33)10-12-27-25-11-13-28(35-21-23-8-9-23)26(19-32(2)3)29(25)36-31-27;1-2;/h4,6,11,13,15,20,22-23,30H,5,7-10,12,14,16-19,21H2,1-3H3;1-2H3;1H4/b15-4-,24-6-;;. The Kier molecular flexibility index (Phi) is 14.3. The van der Waals surface area contributed by atoms with Gasteiger partial charge in [0.25, 0.3) is 0 Å². The van der Waals surface area contributed by atoms with Gasteiger partial charge in [-0.1, -0.05) is 32.5 Å². The summed E-state index contributed by atoms with van der Waals surface area (Å²) < 4.78 is 12.1. The largest absolute Gasteiger partial charge is 0.493 e. The monoisotopic (exact) mass is 540 g/mol. The molecule has 1 aromatic carbocycles. The van der Waals surface area contributed by atoms with Crippen LogP contribution in [0.5, 0.6) is 5.75 Å². The van der Waals surface area contributed by atoms with Crippen molar-refractivity contribution < 1.29 is 14.1 Å². The van der Waals surface area contributed by atoms with Gasteiger partial charge in [-0.15, -0.1) is 0 Å². The highest BCUT2D eigenvalue weighted by Gasteiger charge is 2.24. The molecular weight excluding hydrogens is 488 g/mol. The number of hydrogen-bond donors (Lipinski definition) is 1. The van der Waals surface area contributed by atoms with Crippen molar-refractivity contribution in [3.63, 3.8) is 0 Å². The summed E-state index contributed by atoms with van der Waals surface area (Å²) in [5.74, 6) is 2.31. The lowest BCUT2D eigenvalue weighted by atomic mass is 9.93. The predicted octanol–water partition coefficient (Wildman–Crippen LogP) is 6.23. The lowest BCUT2D eigenvalue weighted by Crippen LogP contribution is -2.27. The Bertz CT molecular complexity index is 1060. The van der Waals surface area contributed by atoms with Gasteiger partial charge in [0.05, 0.1) is 17.9 Å². The van der Waals surface area contributed by atoms with Crippen LogP contribution >= 0.6 is 0 Å². The summed E-state index contributed by atoms with van der Waals surface area (Å²) in [6, 6.07) is 4.24. The van der Waals surface area contributed by atoms with E-state index in [0.717, 1.165) is 98.3 Å². The van der Waals surface area contributed by atoms with Gasteiger partial charge in [-0.2, -0.15) is 0 Å². The summed E-state index contributed by atoms with van der Waals surface area (Å²) in [5.41, 5.74) is 3.86. The number of likely N-dealkylation sites (tertiary alicyclic amines) is 1. The first-order valence-corrected chi connectivity index (χ1v) is 14.5. The van der Waals surface area contributed by atoms with Gasteiger partial charge in [-0.25, -0.2) is 0 Å². The molecule has 1 N–H and O–H groups in total. The fourth-order valence-electron chi connectivity index (χ4n) is 5.03. The van der Waals surface area contributed by atoms with Crippen molar-refractivity contribution in [2.24, 2.45) is 11.8 Å². The van der Waals surface area contributed by atoms with E-state index in [-0.39, 0.29) is 7.43 Å². The molecule has 1 aliphatic heterocycles. The molecule has 2 fully saturated rings. The number of aromatic nitrogens is 1. The molecule has 0 spiro atoms. The van der Waals surface area contributed by atoms with E-state index in [9.17, 15) is 4.79 Å². The van der Waals surface area contributed by atoms with Gasteiger partial charge < -0.3 is 19.5 Å². The fraction of sp³-hybridized carbons (Fsp3) is 0.625. The maximum atomic E-state index is 11.5. The predicted molar refractivity (Wildman–Crippen MR) is 162 cm³/mol. The number of rotatable bonds is 13. The van der Waals surface area contributed by atoms with Crippen molar-refractivity contribution in [1.29, 1.82) is 0 Å². The summed E-state index contributed by atoms with van der Waals surface area (Å²) in [6.45, 7) is 8.36. The molecule has 7 nitrogen and oxygen atoms in total. The molecule has 2 aromatic rings. The third-order valence-corrected chi connectivity index (χ3v) is 7.28. The normalized spacial score (nSPS) is 18.4. The molecule has 1 saturated carbocycles. The Morgan fingerprint density at radius 3 is 2.67 bits per heavy atom. The van der Waals surface area contributed by atoms with Crippen LogP contribution in [0.2, 0.25) is 0 Å². The number of nitrogens with one attached hydrogen (secondary N) is 1. The molecule has 0 bridgehead atoms. The number of carbonyl (C=O) groups excluding carboxylic acids is 1. The molecule has 4 rings (SSSR count). The van der Waals surface area contributed by atoms with Crippen molar-refractivity contribution in [3.05, 3.63) is 47.3 Å². The zero-order valence-electron chi connectivity index (χ0n) is 24.2. The van der Waals surface area contributed by atoms with E-state index in [0.29, 0.717) is 11.8 Å². The van der Waals surface area contributed by atoms with Gasteiger partial charge in [0.2, 0.25) is 0 Å². The molecule has 0 radical (unpaired) electrons. The van der Waals surface area contributed by atoms with Crippen LogP contribution in [-0.2, 0) is 17.8 Å². The summed E-state index contributed by atoms with van der Waals surface area (Å²) >= 11 is 0. The molecule has 1 unspecified atom stereocenters. The van der Waals surface area contributed by atoms with E-state index in [2.05, 4.69) is 46.5 Å². The van der Waals surface area contributed by atoms with Gasteiger partial charge in [0.15, 0.2) is 5.58 Å². The van der Waals surface area contributed by atoms with Gasteiger partial charge in [-0.05, 0) is 108 Å². The quantitative estimate of drug-likeness (QED) is 0.183. The molecule has 0 amide bonds. The number of hydrogen-bond acceptors (Lipinski definition) is 7. The molecule has 7 heteroatoms. The Morgan fingerprint density at radius 2 is 1.97 bits per heavy atom. The smallest absolute Gasteiger partial charge is 0.175 e. The van der Waals surface area contributed by atoms with Crippen LogP contribution in [0.25, 0.3) is 11.0 Å². The first-order valence-electron chi connectivity index (χ1n) is 14.5. The van der Waals surface area contributed by atoms with E-state index in [4.69, 9.17) is 9.26 Å². The third kappa shape index (κ3) is 10.1. The van der Waals surface area contributed by atoms with E-state index in [1.165, 1.54) is 19.3 Å². The van der Waals surface area contributed by atoms with Gasteiger partial charge in [-0.3, -0.25) is 9.69 Å². The first-order chi connectivity index (χ1) is 18.6. The van der Waals surface area contributed by atoms with E-state index >= 15 is 0 Å². The average molecular weight is 541 g/mol. The zero-order chi connectivity index (χ0) is 27.3. The van der Waals surface area contributed by atoms with Gasteiger partial charge in [0, 0.05) is 31.1 Å². The molecule has 218 valence electrons.